The van der Waals surface area contributed by atoms with E-state index in [9.17, 15) is 20.1 Å². The maximum atomic E-state index is 12.2. The Kier molecular flexibility index (Phi) is 3.04. The highest BCUT2D eigenvalue weighted by Crippen LogP contribution is 2.41. The maximum absolute atomic E-state index is 12.2. The fourth-order valence-corrected chi connectivity index (χ4v) is 2.54. The smallest absolute Gasteiger partial charge is 0.167 e. The lowest BCUT2D eigenvalue weighted by atomic mass is 9.74. The molecule has 2 rings (SSSR count). The third-order valence-electron chi connectivity index (χ3n) is 3.44. The van der Waals surface area contributed by atoms with Crippen LogP contribution in [-0.4, -0.2) is 21.1 Å². The summed E-state index contributed by atoms with van der Waals surface area (Å²) in [6.07, 6.45) is 0.780. The second kappa shape index (κ2) is 4.30. The zero-order chi connectivity index (χ0) is 14.4. The maximum Gasteiger partial charge on any atom is 0.167 e. The number of Topliss-reactive ketones (excluding diaryl/α,β-unsaturated/α-hetero) is 1. The van der Waals surface area contributed by atoms with Crippen LogP contribution in [0.25, 0.3) is 5.57 Å². The summed E-state index contributed by atoms with van der Waals surface area (Å²) in [5, 5.41) is 29.1. The van der Waals surface area contributed by atoms with Crippen LogP contribution >= 0.6 is 0 Å². The molecule has 4 nitrogen and oxygen atoms in total. The third-order valence-corrected chi connectivity index (χ3v) is 3.44. The van der Waals surface area contributed by atoms with Crippen LogP contribution in [0.4, 0.5) is 0 Å². The fraction of sp³-hybridized carbons (Fsp3) is 0.400. The second-order valence-corrected chi connectivity index (χ2v) is 5.92. The van der Waals surface area contributed by atoms with Crippen molar-refractivity contribution < 1.29 is 20.1 Å². The van der Waals surface area contributed by atoms with Gasteiger partial charge in [0.05, 0.1) is 5.57 Å². The minimum absolute atomic E-state index is 0.0504. The monoisotopic (exact) mass is 262 g/mol. The Hall–Kier alpha value is -1.97. The highest BCUT2D eigenvalue weighted by Gasteiger charge is 2.34. The van der Waals surface area contributed by atoms with Crippen LogP contribution in [0.3, 0.4) is 0 Å². The number of ketones is 1. The van der Waals surface area contributed by atoms with Gasteiger partial charge in [-0.05, 0) is 35.6 Å². The molecule has 0 saturated carbocycles. The van der Waals surface area contributed by atoms with Crippen molar-refractivity contribution in [3.63, 3.8) is 0 Å². The Balaban J connectivity index is 2.59. The SMILES string of the molecule is Cc1cc(O)c(O)cc1C1=C(O)CC(C)(C)CC1=O. The van der Waals surface area contributed by atoms with E-state index < -0.39 is 0 Å². The highest BCUT2D eigenvalue weighted by molar-refractivity contribution is 6.22. The molecule has 1 aromatic carbocycles. The van der Waals surface area contributed by atoms with Gasteiger partial charge in [-0.2, -0.15) is 0 Å². The number of phenols is 2. The van der Waals surface area contributed by atoms with Gasteiger partial charge >= 0.3 is 0 Å². The molecule has 0 bridgehead atoms. The number of rotatable bonds is 1. The van der Waals surface area contributed by atoms with E-state index in [1.807, 2.05) is 13.8 Å². The second-order valence-electron chi connectivity index (χ2n) is 5.92. The van der Waals surface area contributed by atoms with E-state index >= 15 is 0 Å². The van der Waals surface area contributed by atoms with E-state index in [2.05, 4.69) is 0 Å². The van der Waals surface area contributed by atoms with E-state index in [4.69, 9.17) is 0 Å². The molecular weight excluding hydrogens is 244 g/mol. The van der Waals surface area contributed by atoms with Gasteiger partial charge in [-0.1, -0.05) is 13.8 Å². The van der Waals surface area contributed by atoms with Gasteiger partial charge in [0.25, 0.3) is 0 Å². The molecule has 1 aliphatic rings. The van der Waals surface area contributed by atoms with Gasteiger partial charge in [0.2, 0.25) is 0 Å². The number of carbonyl (C=O) groups excluding carboxylic acids is 1. The van der Waals surface area contributed by atoms with Crippen LogP contribution in [-0.2, 0) is 4.79 Å². The van der Waals surface area contributed by atoms with E-state index in [1.165, 1.54) is 12.1 Å². The summed E-state index contributed by atoms with van der Waals surface area (Å²) in [6.45, 7) is 5.58. The molecule has 0 fully saturated rings. The molecular formula is C15H18O4. The number of carbonyl (C=O) groups is 1. The summed E-state index contributed by atoms with van der Waals surface area (Å²) in [7, 11) is 0. The van der Waals surface area contributed by atoms with Crippen molar-refractivity contribution in [1.82, 2.24) is 0 Å². The van der Waals surface area contributed by atoms with Crippen molar-refractivity contribution in [2.45, 2.75) is 33.6 Å². The number of phenolic OH excluding ortho intramolecular Hbond substituents is 2. The molecule has 1 aliphatic carbocycles. The van der Waals surface area contributed by atoms with E-state index in [0.717, 1.165) is 0 Å². The number of hydrogen-bond acceptors (Lipinski definition) is 4. The highest BCUT2D eigenvalue weighted by atomic mass is 16.3. The molecule has 0 saturated heterocycles. The quantitative estimate of drug-likeness (QED) is 0.680. The Bertz CT molecular complexity index is 582. The zero-order valence-electron chi connectivity index (χ0n) is 11.3. The van der Waals surface area contributed by atoms with Crippen LogP contribution < -0.4 is 0 Å². The summed E-state index contributed by atoms with van der Waals surface area (Å²) >= 11 is 0. The third kappa shape index (κ3) is 2.43. The van der Waals surface area contributed by atoms with E-state index in [0.29, 0.717) is 24.0 Å². The average Bonchev–Trinajstić information content (AvgIpc) is 2.22. The predicted molar refractivity (Wildman–Crippen MR) is 72.1 cm³/mol. The van der Waals surface area contributed by atoms with Crippen molar-refractivity contribution in [3.05, 3.63) is 29.0 Å². The van der Waals surface area contributed by atoms with Crippen LogP contribution in [0.1, 0.15) is 37.8 Å². The van der Waals surface area contributed by atoms with Gasteiger partial charge < -0.3 is 15.3 Å². The molecule has 3 N–H and O–H groups in total. The molecule has 0 heterocycles. The standard InChI is InChI=1S/C15H18O4/c1-8-4-10(16)11(17)5-9(8)14-12(18)6-15(2,3)7-13(14)19/h4-5,16-18H,6-7H2,1-3H3. The number of allylic oxidation sites excluding steroid dienone is 2. The number of hydrogen-bond donors (Lipinski definition) is 3. The largest absolute Gasteiger partial charge is 0.512 e. The first-order valence-corrected chi connectivity index (χ1v) is 6.19. The Morgan fingerprint density at radius 3 is 2.21 bits per heavy atom. The molecule has 0 amide bonds. The van der Waals surface area contributed by atoms with Crippen molar-refractivity contribution in [2.24, 2.45) is 5.41 Å². The molecule has 0 aliphatic heterocycles. The fourth-order valence-electron chi connectivity index (χ4n) is 2.54. The Labute approximate surface area is 112 Å². The number of aliphatic hydroxyl groups excluding tert-OH is 1. The number of aliphatic hydroxyl groups is 1. The lowest BCUT2D eigenvalue weighted by molar-refractivity contribution is -0.116. The summed E-state index contributed by atoms with van der Waals surface area (Å²) in [6, 6.07) is 2.71. The first kappa shape index (κ1) is 13.5. The lowest BCUT2D eigenvalue weighted by Gasteiger charge is -2.30. The molecule has 0 spiro atoms. The first-order valence-electron chi connectivity index (χ1n) is 6.19. The van der Waals surface area contributed by atoms with Crippen molar-refractivity contribution in [1.29, 1.82) is 0 Å². The van der Waals surface area contributed by atoms with E-state index in [1.54, 1.807) is 6.92 Å². The predicted octanol–water partition coefficient (Wildman–Crippen LogP) is 3.06. The van der Waals surface area contributed by atoms with Crippen molar-refractivity contribution in [3.8, 4) is 11.5 Å². The molecule has 0 unspecified atom stereocenters. The van der Waals surface area contributed by atoms with Crippen LogP contribution in [0.2, 0.25) is 0 Å². The molecule has 0 aromatic heterocycles. The summed E-state index contributed by atoms with van der Waals surface area (Å²) in [5.74, 6) is -0.611. The molecule has 0 radical (unpaired) electrons. The van der Waals surface area contributed by atoms with Crippen LogP contribution in [0.5, 0.6) is 11.5 Å². The Morgan fingerprint density at radius 1 is 1.05 bits per heavy atom. The van der Waals surface area contributed by atoms with Gasteiger partial charge in [0, 0.05) is 12.8 Å². The number of aromatic hydroxyl groups is 2. The molecule has 4 heteroatoms. The molecule has 0 atom stereocenters. The van der Waals surface area contributed by atoms with Gasteiger partial charge in [-0.3, -0.25) is 4.79 Å². The topological polar surface area (TPSA) is 77.8 Å². The van der Waals surface area contributed by atoms with Gasteiger partial charge in [0.15, 0.2) is 17.3 Å². The zero-order valence-corrected chi connectivity index (χ0v) is 11.3. The van der Waals surface area contributed by atoms with Gasteiger partial charge in [0.1, 0.15) is 5.76 Å². The van der Waals surface area contributed by atoms with Crippen LogP contribution in [0.15, 0.2) is 17.9 Å². The normalized spacial score (nSPS) is 18.8. The minimum atomic E-state index is -0.293. The molecule has 19 heavy (non-hydrogen) atoms. The number of aryl methyl sites for hydroxylation is 1. The average molecular weight is 262 g/mol. The lowest BCUT2D eigenvalue weighted by Crippen LogP contribution is -2.25. The minimum Gasteiger partial charge on any atom is -0.512 e. The molecule has 1 aromatic rings. The van der Waals surface area contributed by atoms with Crippen molar-refractivity contribution in [2.75, 3.05) is 0 Å². The van der Waals surface area contributed by atoms with E-state index in [-0.39, 0.29) is 34.0 Å². The summed E-state index contributed by atoms with van der Waals surface area (Å²) < 4.78 is 0. The number of benzene rings is 1. The summed E-state index contributed by atoms with van der Waals surface area (Å²) in [4.78, 5) is 12.2. The van der Waals surface area contributed by atoms with Crippen molar-refractivity contribution >= 4 is 11.4 Å². The first-order chi connectivity index (χ1) is 8.71. The van der Waals surface area contributed by atoms with Gasteiger partial charge in [-0.25, -0.2) is 0 Å². The molecule has 102 valence electrons. The van der Waals surface area contributed by atoms with Gasteiger partial charge in [-0.15, -0.1) is 0 Å². The Morgan fingerprint density at radius 2 is 1.63 bits per heavy atom. The summed E-state index contributed by atoms with van der Waals surface area (Å²) in [5.41, 5.74) is 1.13. The van der Waals surface area contributed by atoms with Crippen LogP contribution in [0, 0.1) is 12.3 Å².